The summed E-state index contributed by atoms with van der Waals surface area (Å²) in [4.78, 5) is 12.4. The number of rotatable bonds is 4. The van der Waals surface area contributed by atoms with Gasteiger partial charge in [0.2, 0.25) is 5.91 Å². The lowest BCUT2D eigenvalue weighted by atomic mass is 9.95. The molecule has 0 aromatic heterocycles. The average Bonchev–Trinajstić information content (AvgIpc) is 2.90. The second-order valence-electron chi connectivity index (χ2n) is 6.21. The van der Waals surface area contributed by atoms with Crippen molar-refractivity contribution in [1.82, 2.24) is 5.32 Å². The van der Waals surface area contributed by atoms with Crippen LogP contribution in [0.1, 0.15) is 31.2 Å². The fourth-order valence-corrected chi connectivity index (χ4v) is 3.66. The molecule has 0 spiro atoms. The molecule has 1 aliphatic carbocycles. The Labute approximate surface area is 141 Å². The molecule has 1 heterocycles. The van der Waals surface area contributed by atoms with Crippen LogP contribution in [0.25, 0.3) is 0 Å². The van der Waals surface area contributed by atoms with Crippen LogP contribution >= 0.6 is 11.6 Å². The molecule has 1 amide bonds. The number of nitrogens with one attached hydrogen (secondary N) is 1. The van der Waals surface area contributed by atoms with Crippen molar-refractivity contribution in [3.8, 4) is 11.5 Å². The number of carbonyl (C=O) groups excluding carboxylic acids is 1. The third-order valence-electron chi connectivity index (χ3n) is 4.63. The Balaban J connectivity index is 1.65. The summed E-state index contributed by atoms with van der Waals surface area (Å²) in [6, 6.07) is 3.71. The van der Waals surface area contributed by atoms with E-state index in [9.17, 15) is 4.79 Å². The summed E-state index contributed by atoms with van der Waals surface area (Å²) in [5, 5.41) is 3.53. The first kappa shape index (κ1) is 16.4. The van der Waals surface area contributed by atoms with Crippen LogP contribution in [0, 0.1) is 11.8 Å². The van der Waals surface area contributed by atoms with Crippen molar-refractivity contribution in [2.24, 2.45) is 17.6 Å². The normalized spacial score (nSPS) is 23.4. The van der Waals surface area contributed by atoms with Crippen LogP contribution in [0.4, 0.5) is 0 Å². The fourth-order valence-electron chi connectivity index (χ4n) is 3.37. The molecule has 0 unspecified atom stereocenters. The highest BCUT2D eigenvalue weighted by Crippen LogP contribution is 2.38. The third kappa shape index (κ3) is 3.72. The van der Waals surface area contributed by atoms with Crippen molar-refractivity contribution in [3.63, 3.8) is 0 Å². The topological polar surface area (TPSA) is 73.6 Å². The van der Waals surface area contributed by atoms with Gasteiger partial charge in [-0.15, -0.1) is 0 Å². The van der Waals surface area contributed by atoms with Crippen molar-refractivity contribution in [1.29, 1.82) is 0 Å². The van der Waals surface area contributed by atoms with Crippen LogP contribution in [0.5, 0.6) is 11.5 Å². The van der Waals surface area contributed by atoms with Gasteiger partial charge in [0.05, 0.1) is 18.2 Å². The minimum absolute atomic E-state index is 0.0379. The molecule has 2 atom stereocenters. The van der Waals surface area contributed by atoms with Gasteiger partial charge in [0.15, 0.2) is 11.5 Å². The highest BCUT2D eigenvalue weighted by molar-refractivity contribution is 6.32. The monoisotopic (exact) mass is 338 g/mol. The maximum atomic E-state index is 12.4. The lowest BCUT2D eigenvalue weighted by Gasteiger charge is -2.18. The zero-order valence-corrected chi connectivity index (χ0v) is 13.9. The van der Waals surface area contributed by atoms with Gasteiger partial charge in [-0.2, -0.15) is 0 Å². The Hall–Kier alpha value is -1.46. The summed E-state index contributed by atoms with van der Waals surface area (Å²) >= 11 is 6.27. The number of hydrogen-bond acceptors (Lipinski definition) is 4. The van der Waals surface area contributed by atoms with Crippen LogP contribution < -0.4 is 20.5 Å². The molecule has 126 valence electrons. The molecule has 6 heteroatoms. The van der Waals surface area contributed by atoms with E-state index in [2.05, 4.69) is 5.32 Å². The van der Waals surface area contributed by atoms with E-state index in [-0.39, 0.29) is 11.8 Å². The second-order valence-corrected chi connectivity index (χ2v) is 6.61. The van der Waals surface area contributed by atoms with E-state index < -0.39 is 0 Å². The maximum Gasteiger partial charge on any atom is 0.223 e. The predicted octanol–water partition coefficient (Wildman–Crippen LogP) is 2.49. The molecular formula is C17H23ClN2O3. The molecule has 1 aromatic carbocycles. The fraction of sp³-hybridized carbons (Fsp3) is 0.588. The second kappa shape index (κ2) is 7.41. The number of ether oxygens (including phenoxy) is 2. The van der Waals surface area contributed by atoms with E-state index in [1.54, 1.807) is 0 Å². The first-order valence-electron chi connectivity index (χ1n) is 8.25. The first-order valence-corrected chi connectivity index (χ1v) is 8.62. The maximum absolute atomic E-state index is 12.4. The molecule has 23 heavy (non-hydrogen) atoms. The smallest absolute Gasteiger partial charge is 0.223 e. The van der Waals surface area contributed by atoms with Gasteiger partial charge >= 0.3 is 0 Å². The molecule has 3 N–H and O–H groups in total. The van der Waals surface area contributed by atoms with Gasteiger partial charge in [0, 0.05) is 18.9 Å². The number of hydrogen-bond donors (Lipinski definition) is 2. The Bertz CT molecular complexity index is 579. The van der Waals surface area contributed by atoms with E-state index in [1.807, 2.05) is 12.1 Å². The van der Waals surface area contributed by atoms with Gasteiger partial charge in [-0.3, -0.25) is 4.79 Å². The lowest BCUT2D eigenvalue weighted by Crippen LogP contribution is -2.34. The van der Waals surface area contributed by atoms with Gasteiger partial charge in [-0.05, 0) is 43.0 Å². The summed E-state index contributed by atoms with van der Waals surface area (Å²) in [6.45, 7) is 2.22. The summed E-state index contributed by atoms with van der Waals surface area (Å²) in [6.07, 6.45) is 3.88. The molecule has 5 nitrogen and oxygen atoms in total. The molecule has 2 aliphatic rings. The van der Waals surface area contributed by atoms with E-state index in [0.717, 1.165) is 31.2 Å². The zero-order valence-electron chi connectivity index (χ0n) is 13.1. The zero-order chi connectivity index (χ0) is 16.2. The highest BCUT2D eigenvalue weighted by Gasteiger charge is 2.31. The van der Waals surface area contributed by atoms with Crippen molar-refractivity contribution >= 4 is 17.5 Å². The summed E-state index contributed by atoms with van der Waals surface area (Å²) < 4.78 is 11.3. The minimum atomic E-state index is 0.0379. The van der Waals surface area contributed by atoms with Crippen molar-refractivity contribution < 1.29 is 14.3 Å². The van der Waals surface area contributed by atoms with Crippen molar-refractivity contribution in [2.45, 2.75) is 32.2 Å². The molecular weight excluding hydrogens is 316 g/mol. The van der Waals surface area contributed by atoms with Crippen molar-refractivity contribution in [2.75, 3.05) is 19.8 Å². The van der Waals surface area contributed by atoms with E-state index in [4.69, 9.17) is 26.8 Å². The predicted molar refractivity (Wildman–Crippen MR) is 88.8 cm³/mol. The van der Waals surface area contributed by atoms with Gasteiger partial charge in [0.25, 0.3) is 0 Å². The average molecular weight is 339 g/mol. The molecule has 3 rings (SSSR count). The van der Waals surface area contributed by atoms with Crippen LogP contribution in [-0.4, -0.2) is 25.7 Å². The standard InChI is InChI=1S/C17H23ClN2O3/c18-14-7-11(8-15-16(14)23-6-2-5-22-15)10-20-17(21)13-4-1-3-12(13)9-19/h7-8,12-13H,1-6,9-10,19H2,(H,20,21)/t12-,13-/m1/s1. The number of amides is 1. The summed E-state index contributed by atoms with van der Waals surface area (Å²) in [5.41, 5.74) is 6.66. The van der Waals surface area contributed by atoms with Gasteiger partial charge in [0.1, 0.15) is 0 Å². The molecule has 0 saturated heterocycles. The SMILES string of the molecule is NC[C@H]1CCC[C@H]1C(=O)NCc1cc(Cl)c2c(c1)OCCCO2. The van der Waals surface area contributed by atoms with Crippen LogP contribution in [-0.2, 0) is 11.3 Å². The van der Waals surface area contributed by atoms with Crippen LogP contribution in [0.15, 0.2) is 12.1 Å². The number of nitrogens with two attached hydrogens (primary N) is 1. The van der Waals surface area contributed by atoms with Gasteiger partial charge < -0.3 is 20.5 Å². The minimum Gasteiger partial charge on any atom is -0.489 e. The molecule has 0 radical (unpaired) electrons. The molecule has 1 aliphatic heterocycles. The Kier molecular flexibility index (Phi) is 5.28. The summed E-state index contributed by atoms with van der Waals surface area (Å²) in [7, 11) is 0. The van der Waals surface area contributed by atoms with E-state index >= 15 is 0 Å². The number of halogens is 1. The molecule has 1 fully saturated rings. The Morgan fingerprint density at radius 3 is 2.91 bits per heavy atom. The summed E-state index contributed by atoms with van der Waals surface area (Å²) in [5.74, 6) is 1.68. The van der Waals surface area contributed by atoms with Gasteiger partial charge in [-0.1, -0.05) is 18.0 Å². The van der Waals surface area contributed by atoms with E-state index in [1.165, 1.54) is 0 Å². The molecule has 1 aromatic rings. The van der Waals surface area contributed by atoms with Crippen LogP contribution in [0.2, 0.25) is 5.02 Å². The Morgan fingerprint density at radius 2 is 2.09 bits per heavy atom. The quantitative estimate of drug-likeness (QED) is 0.884. The third-order valence-corrected chi connectivity index (χ3v) is 4.91. The number of carbonyl (C=O) groups is 1. The largest absolute Gasteiger partial charge is 0.489 e. The first-order chi connectivity index (χ1) is 11.2. The highest BCUT2D eigenvalue weighted by atomic mass is 35.5. The van der Waals surface area contributed by atoms with Crippen LogP contribution in [0.3, 0.4) is 0 Å². The lowest BCUT2D eigenvalue weighted by molar-refractivity contribution is -0.126. The van der Waals surface area contributed by atoms with Gasteiger partial charge in [-0.25, -0.2) is 0 Å². The Morgan fingerprint density at radius 1 is 1.26 bits per heavy atom. The number of benzene rings is 1. The van der Waals surface area contributed by atoms with E-state index in [0.29, 0.717) is 48.7 Å². The number of fused-ring (bicyclic) bond motifs is 1. The molecule has 1 saturated carbocycles. The van der Waals surface area contributed by atoms with Crippen molar-refractivity contribution in [3.05, 3.63) is 22.7 Å². The molecule has 0 bridgehead atoms.